The highest BCUT2D eigenvalue weighted by Gasteiger charge is 2.19. The smallest absolute Gasteiger partial charge is 0.243 e. The van der Waals surface area contributed by atoms with Crippen LogP contribution >= 0.6 is 11.8 Å². The van der Waals surface area contributed by atoms with E-state index in [1.807, 2.05) is 0 Å². The molecule has 2 rings (SSSR count). The van der Waals surface area contributed by atoms with E-state index in [0.717, 1.165) is 17.8 Å². The molecule has 0 bridgehead atoms. The summed E-state index contributed by atoms with van der Waals surface area (Å²) >= 11 is 1.14. The van der Waals surface area contributed by atoms with E-state index in [2.05, 4.69) is 20.8 Å². The van der Waals surface area contributed by atoms with Crippen LogP contribution in [0, 0.1) is 17.5 Å². The molecule has 7 nitrogen and oxygen atoms in total. The molecule has 2 amide bonds. The zero-order valence-electron chi connectivity index (χ0n) is 13.2. The van der Waals surface area contributed by atoms with Gasteiger partial charge >= 0.3 is 0 Å². The van der Waals surface area contributed by atoms with Gasteiger partial charge in [0, 0.05) is 7.05 Å². The summed E-state index contributed by atoms with van der Waals surface area (Å²) in [4.78, 5) is 23.7. The fraction of sp³-hybridized carbons (Fsp3) is 0.286. The molecule has 1 aromatic heterocycles. The first kappa shape index (κ1) is 18.8. The van der Waals surface area contributed by atoms with Crippen molar-refractivity contribution in [2.75, 3.05) is 11.9 Å². The zero-order chi connectivity index (χ0) is 18.6. The topological polar surface area (TPSA) is 88.9 Å². The SMILES string of the molecule is C[C@H](Sc1nncn1C)C(=O)NCC(=O)Nc1ccc(F)c(F)c1F. The predicted molar refractivity (Wildman–Crippen MR) is 84.3 cm³/mol. The molecule has 2 N–H and O–H groups in total. The predicted octanol–water partition coefficient (Wildman–Crippen LogP) is 1.47. The van der Waals surface area contributed by atoms with Crippen LogP contribution in [0.5, 0.6) is 0 Å². The van der Waals surface area contributed by atoms with Crippen LogP contribution in [0.15, 0.2) is 23.6 Å². The second-order valence-corrected chi connectivity index (χ2v) is 6.28. The Hall–Kier alpha value is -2.56. The van der Waals surface area contributed by atoms with E-state index >= 15 is 0 Å². The van der Waals surface area contributed by atoms with Gasteiger partial charge in [0.15, 0.2) is 22.6 Å². The molecule has 1 aromatic carbocycles. The first-order valence-corrected chi connectivity index (χ1v) is 7.89. The van der Waals surface area contributed by atoms with Gasteiger partial charge < -0.3 is 15.2 Å². The van der Waals surface area contributed by atoms with Gasteiger partial charge in [0.2, 0.25) is 11.8 Å². The third-order valence-corrected chi connectivity index (χ3v) is 4.20. The maximum atomic E-state index is 13.5. The molecule has 0 aliphatic heterocycles. The summed E-state index contributed by atoms with van der Waals surface area (Å²) in [5.74, 6) is -5.79. The molecule has 0 aliphatic carbocycles. The quantitative estimate of drug-likeness (QED) is 0.591. The van der Waals surface area contributed by atoms with Crippen LogP contribution in [-0.4, -0.2) is 38.4 Å². The lowest BCUT2D eigenvalue weighted by molar-refractivity contribution is -0.123. The van der Waals surface area contributed by atoms with E-state index in [4.69, 9.17) is 0 Å². The van der Waals surface area contributed by atoms with E-state index < -0.39 is 46.7 Å². The van der Waals surface area contributed by atoms with Gasteiger partial charge in [-0.3, -0.25) is 9.59 Å². The Morgan fingerprint density at radius 3 is 2.64 bits per heavy atom. The molecule has 0 spiro atoms. The Morgan fingerprint density at radius 1 is 1.28 bits per heavy atom. The molecule has 134 valence electrons. The average molecular weight is 373 g/mol. The summed E-state index contributed by atoms with van der Waals surface area (Å²) in [6, 6.07) is 1.58. The summed E-state index contributed by atoms with van der Waals surface area (Å²) in [6.45, 7) is 1.16. The fourth-order valence-corrected chi connectivity index (χ4v) is 2.53. The summed E-state index contributed by atoms with van der Waals surface area (Å²) in [7, 11) is 1.72. The molecule has 0 unspecified atom stereocenters. The third-order valence-electron chi connectivity index (χ3n) is 3.05. The Kier molecular flexibility index (Phi) is 6.02. The number of nitrogens with one attached hydrogen (secondary N) is 2. The molecular formula is C14H14F3N5O2S. The van der Waals surface area contributed by atoms with Gasteiger partial charge in [-0.05, 0) is 19.1 Å². The van der Waals surface area contributed by atoms with Crippen molar-refractivity contribution < 1.29 is 22.8 Å². The summed E-state index contributed by atoms with van der Waals surface area (Å²) in [5, 5.41) is 11.9. The van der Waals surface area contributed by atoms with Gasteiger partial charge in [-0.25, -0.2) is 13.2 Å². The number of amides is 2. The normalized spacial score (nSPS) is 11.9. The molecule has 0 radical (unpaired) electrons. The number of carbonyl (C=O) groups is 2. The highest BCUT2D eigenvalue weighted by Crippen LogP contribution is 2.20. The maximum Gasteiger partial charge on any atom is 0.243 e. The number of halogens is 3. The molecule has 1 atom stereocenters. The summed E-state index contributed by atoms with van der Waals surface area (Å²) < 4.78 is 41.0. The molecule has 0 saturated carbocycles. The van der Waals surface area contributed by atoms with Crippen LogP contribution in [-0.2, 0) is 16.6 Å². The van der Waals surface area contributed by atoms with E-state index in [9.17, 15) is 22.8 Å². The van der Waals surface area contributed by atoms with Gasteiger partial charge in [0.05, 0.1) is 17.5 Å². The number of aromatic nitrogens is 3. The Balaban J connectivity index is 1.86. The van der Waals surface area contributed by atoms with Crippen molar-refractivity contribution in [3.63, 3.8) is 0 Å². The van der Waals surface area contributed by atoms with Gasteiger partial charge in [0.1, 0.15) is 6.33 Å². The molecule has 11 heteroatoms. The Morgan fingerprint density at radius 2 is 2.00 bits per heavy atom. The van der Waals surface area contributed by atoms with Crippen molar-refractivity contribution in [1.29, 1.82) is 0 Å². The van der Waals surface area contributed by atoms with Gasteiger partial charge in [-0.2, -0.15) is 0 Å². The monoisotopic (exact) mass is 373 g/mol. The first-order chi connectivity index (χ1) is 11.8. The second kappa shape index (κ2) is 8.01. The number of benzene rings is 1. The van der Waals surface area contributed by atoms with Gasteiger partial charge in [-0.1, -0.05) is 11.8 Å². The first-order valence-electron chi connectivity index (χ1n) is 7.01. The van der Waals surface area contributed by atoms with Crippen molar-refractivity contribution in [3.8, 4) is 0 Å². The van der Waals surface area contributed by atoms with Crippen LogP contribution in [0.4, 0.5) is 18.9 Å². The number of rotatable bonds is 6. The molecule has 0 aliphatic rings. The highest BCUT2D eigenvalue weighted by molar-refractivity contribution is 8.00. The number of nitrogens with zero attached hydrogens (tertiary/aromatic N) is 3. The molecule has 2 aromatic rings. The highest BCUT2D eigenvalue weighted by atomic mass is 32.2. The van der Waals surface area contributed by atoms with Gasteiger partial charge in [0.25, 0.3) is 0 Å². The largest absolute Gasteiger partial charge is 0.346 e. The van der Waals surface area contributed by atoms with E-state index in [-0.39, 0.29) is 0 Å². The Bertz CT molecular complexity index is 799. The minimum absolute atomic E-state index is 0.450. The number of thioether (sulfide) groups is 1. The summed E-state index contributed by atoms with van der Waals surface area (Å²) in [6.07, 6.45) is 1.48. The van der Waals surface area contributed by atoms with Crippen molar-refractivity contribution in [1.82, 2.24) is 20.1 Å². The van der Waals surface area contributed by atoms with Crippen molar-refractivity contribution in [3.05, 3.63) is 35.9 Å². The number of hydrogen-bond donors (Lipinski definition) is 2. The fourth-order valence-electron chi connectivity index (χ4n) is 1.72. The van der Waals surface area contributed by atoms with Crippen LogP contribution in [0.1, 0.15) is 6.92 Å². The van der Waals surface area contributed by atoms with Crippen LogP contribution in [0.2, 0.25) is 0 Å². The minimum Gasteiger partial charge on any atom is -0.346 e. The van der Waals surface area contributed by atoms with Gasteiger partial charge in [-0.15, -0.1) is 10.2 Å². The number of anilines is 1. The molecule has 0 fully saturated rings. The minimum atomic E-state index is -1.68. The zero-order valence-corrected chi connectivity index (χ0v) is 14.0. The molecule has 0 saturated heterocycles. The standard InChI is InChI=1S/C14H14F3N5O2S/c1-7(25-14-21-19-6-22(14)2)13(24)18-5-10(23)20-9-4-3-8(15)11(16)12(9)17/h3-4,6-7H,5H2,1-2H3,(H,18,24)(H,20,23)/t7-/m0/s1. The van der Waals surface area contributed by atoms with Crippen LogP contribution < -0.4 is 10.6 Å². The van der Waals surface area contributed by atoms with Crippen molar-refractivity contribution in [2.24, 2.45) is 7.05 Å². The lowest BCUT2D eigenvalue weighted by Crippen LogP contribution is -2.37. The molecular weight excluding hydrogens is 359 g/mol. The van der Waals surface area contributed by atoms with Crippen LogP contribution in [0.25, 0.3) is 0 Å². The van der Waals surface area contributed by atoms with E-state index in [0.29, 0.717) is 11.2 Å². The number of hydrogen-bond acceptors (Lipinski definition) is 5. The average Bonchev–Trinajstić information content (AvgIpc) is 2.98. The number of carbonyl (C=O) groups excluding carboxylic acids is 2. The second-order valence-electron chi connectivity index (χ2n) is 4.97. The van der Waals surface area contributed by atoms with E-state index in [1.54, 1.807) is 18.5 Å². The van der Waals surface area contributed by atoms with Crippen molar-refractivity contribution in [2.45, 2.75) is 17.3 Å². The maximum absolute atomic E-state index is 13.5. The van der Waals surface area contributed by atoms with Crippen LogP contribution in [0.3, 0.4) is 0 Å². The lowest BCUT2D eigenvalue weighted by Gasteiger charge is -2.12. The third kappa shape index (κ3) is 4.72. The van der Waals surface area contributed by atoms with Crippen molar-refractivity contribution >= 4 is 29.3 Å². The Labute approximate surface area is 145 Å². The summed E-state index contributed by atoms with van der Waals surface area (Å²) in [5.41, 5.74) is -0.514. The number of aryl methyl sites for hydroxylation is 1. The van der Waals surface area contributed by atoms with E-state index in [1.165, 1.54) is 6.33 Å². The molecule has 25 heavy (non-hydrogen) atoms. The lowest BCUT2D eigenvalue weighted by atomic mass is 10.2. The molecule has 1 heterocycles.